The van der Waals surface area contributed by atoms with Crippen molar-refractivity contribution >= 4 is 45.1 Å². The molecule has 0 bridgehead atoms. The summed E-state index contributed by atoms with van der Waals surface area (Å²) in [6.07, 6.45) is 7.25. The van der Waals surface area contributed by atoms with E-state index in [4.69, 9.17) is 9.40 Å². The molecule has 0 unspecified atom stereocenters. The smallest absolute Gasteiger partial charge is 0.229 e. The Bertz CT molecular complexity index is 1480. The molecule has 0 spiro atoms. The Balaban J connectivity index is 1.39. The second kappa shape index (κ2) is 8.55. The normalized spacial score (nSPS) is 17.9. The van der Waals surface area contributed by atoms with E-state index in [9.17, 15) is 10.1 Å². The van der Waals surface area contributed by atoms with Gasteiger partial charge in [-0.2, -0.15) is 5.26 Å². The van der Waals surface area contributed by atoms with Crippen LogP contribution in [0.4, 0.5) is 17.3 Å². The summed E-state index contributed by atoms with van der Waals surface area (Å²) in [5, 5.41) is 17.0. The van der Waals surface area contributed by atoms with Crippen LogP contribution in [-0.4, -0.2) is 41.0 Å². The second-order valence-electron chi connectivity index (χ2n) is 9.23. The van der Waals surface area contributed by atoms with Crippen LogP contribution in [0.3, 0.4) is 0 Å². The molecule has 1 saturated carbocycles. The molecular weight excluding hydrogens is 442 g/mol. The number of hydrogen-bond acceptors (Lipinski definition) is 8. The van der Waals surface area contributed by atoms with Crippen LogP contribution in [-0.2, 0) is 4.79 Å². The first kappa shape index (κ1) is 21.4. The maximum atomic E-state index is 12.3. The molecule has 35 heavy (non-hydrogen) atoms. The number of hydrogen-bond donors (Lipinski definition) is 2. The lowest BCUT2D eigenvalue weighted by Crippen LogP contribution is -2.34. The van der Waals surface area contributed by atoms with Crippen molar-refractivity contribution in [2.45, 2.75) is 25.7 Å². The second-order valence-corrected chi connectivity index (χ2v) is 9.23. The number of rotatable bonds is 5. The molecule has 4 heterocycles. The number of nitriles is 1. The van der Waals surface area contributed by atoms with Crippen molar-refractivity contribution in [3.05, 3.63) is 36.7 Å². The number of carbonyl (C=O) groups excluding carboxylic acids is 1. The topological polar surface area (TPSA) is 120 Å². The van der Waals surface area contributed by atoms with Gasteiger partial charge in [-0.1, -0.05) is 0 Å². The summed E-state index contributed by atoms with van der Waals surface area (Å²) in [4.78, 5) is 28.3. The lowest BCUT2D eigenvalue weighted by molar-refractivity contribution is -0.117. The number of nitrogens with zero attached hydrogens (tertiary/aromatic N) is 5. The number of carbonyl (C=O) groups is 1. The Morgan fingerprint density at radius 2 is 2.06 bits per heavy atom. The van der Waals surface area contributed by atoms with Crippen LogP contribution < -0.4 is 15.5 Å². The number of oxazole rings is 1. The fraction of sp³-hybridized carbons (Fsp3) is 0.346. The maximum absolute atomic E-state index is 12.3. The Morgan fingerprint density at radius 1 is 1.17 bits per heavy atom. The number of nitrogens with one attached hydrogen (secondary N) is 2. The number of amides is 1. The number of fused-ring (bicyclic) bond motifs is 2. The van der Waals surface area contributed by atoms with Gasteiger partial charge in [0, 0.05) is 54.9 Å². The minimum absolute atomic E-state index is 0.00652. The third-order valence-electron chi connectivity index (χ3n) is 6.78. The average Bonchev–Trinajstić information content (AvgIpc) is 3.67. The summed E-state index contributed by atoms with van der Waals surface area (Å²) in [5.74, 6) is 1.79. The Kier molecular flexibility index (Phi) is 5.21. The van der Waals surface area contributed by atoms with Gasteiger partial charge in [0.15, 0.2) is 5.58 Å². The molecule has 1 amide bonds. The highest BCUT2D eigenvalue weighted by molar-refractivity contribution is 6.03. The van der Waals surface area contributed by atoms with E-state index in [1.807, 2.05) is 31.3 Å². The Hall–Kier alpha value is -4.19. The van der Waals surface area contributed by atoms with Crippen LogP contribution in [0, 0.1) is 23.2 Å². The van der Waals surface area contributed by atoms with E-state index in [-0.39, 0.29) is 17.7 Å². The predicted octanol–water partition coefficient (Wildman–Crippen LogP) is 4.57. The Morgan fingerprint density at radius 3 is 2.86 bits per heavy atom. The van der Waals surface area contributed by atoms with E-state index in [0.717, 1.165) is 66.3 Å². The summed E-state index contributed by atoms with van der Waals surface area (Å²) in [6.45, 7) is 1.66. The van der Waals surface area contributed by atoms with Gasteiger partial charge >= 0.3 is 0 Å². The minimum Gasteiger partial charge on any atom is -0.436 e. The van der Waals surface area contributed by atoms with Crippen LogP contribution in [0.2, 0.25) is 0 Å². The summed E-state index contributed by atoms with van der Waals surface area (Å²) in [5.41, 5.74) is 3.20. The minimum atomic E-state index is 0.00652. The fourth-order valence-corrected chi connectivity index (χ4v) is 4.69. The van der Waals surface area contributed by atoms with E-state index < -0.39 is 0 Å². The first-order chi connectivity index (χ1) is 17.1. The zero-order valence-electron chi connectivity index (χ0n) is 19.4. The summed E-state index contributed by atoms with van der Waals surface area (Å²) >= 11 is 0. The summed E-state index contributed by atoms with van der Waals surface area (Å²) in [6, 6.07) is 10.2. The SMILES string of the molecule is CNc1ncc(-c2nc3cc(N4CCC[C@H](C#N)C4)ccc3o2)c2cc(NC(=O)C3CC3)ncc12. The highest BCUT2D eigenvalue weighted by Gasteiger charge is 2.30. The zero-order valence-corrected chi connectivity index (χ0v) is 19.4. The number of anilines is 3. The van der Waals surface area contributed by atoms with Gasteiger partial charge in [0.2, 0.25) is 11.8 Å². The zero-order chi connectivity index (χ0) is 23.9. The molecule has 1 aromatic carbocycles. The highest BCUT2D eigenvalue weighted by Crippen LogP contribution is 2.36. The lowest BCUT2D eigenvalue weighted by atomic mass is 9.99. The van der Waals surface area contributed by atoms with Crippen molar-refractivity contribution in [1.29, 1.82) is 5.26 Å². The molecule has 3 aromatic heterocycles. The van der Waals surface area contributed by atoms with Crippen molar-refractivity contribution in [3.8, 4) is 17.5 Å². The van der Waals surface area contributed by atoms with Crippen molar-refractivity contribution in [3.63, 3.8) is 0 Å². The van der Waals surface area contributed by atoms with E-state index in [0.29, 0.717) is 23.1 Å². The molecule has 2 fully saturated rings. The van der Waals surface area contributed by atoms with Crippen LogP contribution in [0.25, 0.3) is 33.3 Å². The Labute approximate surface area is 202 Å². The van der Waals surface area contributed by atoms with E-state index in [2.05, 4.69) is 31.6 Å². The van der Waals surface area contributed by atoms with Gasteiger partial charge in [-0.3, -0.25) is 4.79 Å². The summed E-state index contributed by atoms with van der Waals surface area (Å²) in [7, 11) is 1.81. The van der Waals surface area contributed by atoms with Crippen LogP contribution in [0.1, 0.15) is 25.7 Å². The van der Waals surface area contributed by atoms with Crippen molar-refractivity contribution in [2.24, 2.45) is 11.8 Å². The largest absolute Gasteiger partial charge is 0.436 e. The number of benzene rings is 1. The number of piperidine rings is 1. The first-order valence-corrected chi connectivity index (χ1v) is 12.0. The molecule has 6 rings (SSSR count). The van der Waals surface area contributed by atoms with Crippen molar-refractivity contribution in [1.82, 2.24) is 15.0 Å². The average molecular weight is 468 g/mol. The van der Waals surface area contributed by atoms with Crippen molar-refractivity contribution in [2.75, 3.05) is 35.7 Å². The van der Waals surface area contributed by atoms with Gasteiger partial charge in [0.05, 0.1) is 17.6 Å². The first-order valence-electron chi connectivity index (χ1n) is 12.0. The highest BCUT2D eigenvalue weighted by atomic mass is 16.3. The van der Waals surface area contributed by atoms with E-state index in [1.165, 1.54) is 0 Å². The van der Waals surface area contributed by atoms with Gasteiger partial charge in [-0.15, -0.1) is 0 Å². The molecule has 2 aliphatic rings. The quantitative estimate of drug-likeness (QED) is 0.438. The molecule has 176 valence electrons. The monoisotopic (exact) mass is 467 g/mol. The van der Waals surface area contributed by atoms with Gasteiger partial charge in [0.1, 0.15) is 17.2 Å². The van der Waals surface area contributed by atoms with E-state index >= 15 is 0 Å². The molecule has 0 radical (unpaired) electrons. The van der Waals surface area contributed by atoms with Gasteiger partial charge in [0.25, 0.3) is 0 Å². The van der Waals surface area contributed by atoms with Gasteiger partial charge in [-0.25, -0.2) is 15.0 Å². The lowest BCUT2D eigenvalue weighted by Gasteiger charge is -2.31. The van der Waals surface area contributed by atoms with Crippen LogP contribution in [0.5, 0.6) is 0 Å². The summed E-state index contributed by atoms with van der Waals surface area (Å²) < 4.78 is 6.14. The standard InChI is InChI=1S/C26H25N7O2/c1-28-24-19-12-29-23(32-25(34)16-4-5-16)10-18(19)20(13-30-24)26-31-21-9-17(6-7-22(21)35-26)33-8-2-3-15(11-27)14-33/h6-7,9-10,12-13,15-16H,2-5,8,14H2,1H3,(H,28,30)(H,29,32,34)/t15-/m1/s1. The van der Waals surface area contributed by atoms with Crippen LogP contribution in [0.15, 0.2) is 41.1 Å². The van der Waals surface area contributed by atoms with Crippen molar-refractivity contribution < 1.29 is 9.21 Å². The molecule has 2 N–H and O–H groups in total. The third kappa shape index (κ3) is 4.01. The molecular formula is C26H25N7O2. The van der Waals surface area contributed by atoms with Gasteiger partial charge in [-0.05, 0) is 49.9 Å². The fourth-order valence-electron chi connectivity index (χ4n) is 4.69. The third-order valence-corrected chi connectivity index (χ3v) is 6.78. The molecule has 4 aromatic rings. The van der Waals surface area contributed by atoms with Gasteiger partial charge < -0.3 is 20.0 Å². The molecule has 9 nitrogen and oxygen atoms in total. The van der Waals surface area contributed by atoms with E-state index in [1.54, 1.807) is 12.4 Å². The molecule has 9 heteroatoms. The maximum Gasteiger partial charge on any atom is 0.229 e. The molecule has 1 saturated heterocycles. The predicted molar refractivity (Wildman–Crippen MR) is 134 cm³/mol. The van der Waals surface area contributed by atoms with Crippen LogP contribution >= 0.6 is 0 Å². The molecule has 1 aliphatic heterocycles. The molecule has 1 aliphatic carbocycles. The molecule has 1 atom stereocenters. The number of aromatic nitrogens is 3. The number of pyridine rings is 2.